The largest absolute Gasteiger partial charge is 0.244 e. The van der Waals surface area contributed by atoms with Crippen molar-refractivity contribution in [1.29, 1.82) is 0 Å². The van der Waals surface area contributed by atoms with Crippen LogP contribution in [-0.4, -0.2) is 8.42 Å². The fraction of sp³-hybridized carbons (Fsp3) is 0.143. The molecule has 0 aliphatic carbocycles. The maximum Gasteiger partial charge on any atom is 0.244 e. The summed E-state index contributed by atoms with van der Waals surface area (Å²) >= 11 is 3.10. The van der Waals surface area contributed by atoms with Crippen LogP contribution >= 0.6 is 15.9 Å². The first-order chi connectivity index (χ1) is 9.40. The van der Waals surface area contributed by atoms with E-state index >= 15 is 0 Å². The first kappa shape index (κ1) is 15.2. The third kappa shape index (κ3) is 3.45. The molecule has 0 unspecified atom stereocenters. The summed E-state index contributed by atoms with van der Waals surface area (Å²) in [7, 11) is -3.90. The molecule has 1 N–H and O–H groups in total. The lowest BCUT2D eigenvalue weighted by atomic mass is 10.1. The van der Waals surface area contributed by atoms with Crippen molar-refractivity contribution < 1.29 is 12.8 Å². The molecule has 0 heterocycles. The zero-order chi connectivity index (χ0) is 14.8. The van der Waals surface area contributed by atoms with Gasteiger partial charge in [0.25, 0.3) is 0 Å². The smallest absolute Gasteiger partial charge is 0.207 e. The van der Waals surface area contributed by atoms with Gasteiger partial charge in [-0.05, 0) is 30.7 Å². The van der Waals surface area contributed by atoms with Gasteiger partial charge < -0.3 is 0 Å². The molecule has 0 saturated heterocycles. The van der Waals surface area contributed by atoms with E-state index in [0.717, 1.165) is 11.6 Å². The van der Waals surface area contributed by atoms with Crippen LogP contribution in [0.25, 0.3) is 0 Å². The van der Waals surface area contributed by atoms with Gasteiger partial charge in [-0.25, -0.2) is 17.5 Å². The van der Waals surface area contributed by atoms with Crippen LogP contribution in [0.3, 0.4) is 0 Å². The predicted octanol–water partition coefficient (Wildman–Crippen LogP) is 3.63. The van der Waals surface area contributed by atoms with Crippen molar-refractivity contribution in [3.63, 3.8) is 0 Å². The average molecular weight is 358 g/mol. The van der Waals surface area contributed by atoms with E-state index in [0.29, 0.717) is 4.47 Å². The molecule has 3 nitrogen and oxygen atoms in total. The summed E-state index contributed by atoms with van der Waals surface area (Å²) in [4.78, 5) is -0.358. The zero-order valence-electron chi connectivity index (χ0n) is 10.7. The first-order valence-corrected chi connectivity index (χ1v) is 8.20. The van der Waals surface area contributed by atoms with Crippen molar-refractivity contribution in [2.75, 3.05) is 0 Å². The molecule has 0 saturated carbocycles. The Balaban J connectivity index is 2.28. The minimum absolute atomic E-state index is 0.358. The molecular formula is C14H13BrFNO2S. The van der Waals surface area contributed by atoms with E-state index in [-0.39, 0.29) is 4.90 Å². The van der Waals surface area contributed by atoms with E-state index in [1.807, 2.05) is 30.3 Å². The van der Waals surface area contributed by atoms with Crippen molar-refractivity contribution in [3.05, 3.63) is 64.4 Å². The number of hydrogen-bond acceptors (Lipinski definition) is 2. The molecular weight excluding hydrogens is 345 g/mol. The second kappa shape index (κ2) is 6.03. The van der Waals surface area contributed by atoms with Gasteiger partial charge in [-0.1, -0.05) is 46.3 Å². The van der Waals surface area contributed by atoms with Crippen LogP contribution in [0.15, 0.2) is 57.9 Å². The van der Waals surface area contributed by atoms with Gasteiger partial charge in [0.15, 0.2) is 0 Å². The topological polar surface area (TPSA) is 46.2 Å². The monoisotopic (exact) mass is 357 g/mol. The molecule has 106 valence electrons. The highest BCUT2D eigenvalue weighted by atomic mass is 79.9. The van der Waals surface area contributed by atoms with E-state index in [1.165, 1.54) is 12.1 Å². The second-order valence-corrected chi connectivity index (χ2v) is 6.93. The maximum absolute atomic E-state index is 13.7. The van der Waals surface area contributed by atoms with Crippen LogP contribution in [0.1, 0.15) is 18.5 Å². The van der Waals surface area contributed by atoms with Gasteiger partial charge in [0.1, 0.15) is 10.7 Å². The van der Waals surface area contributed by atoms with Gasteiger partial charge in [-0.15, -0.1) is 0 Å². The fourth-order valence-corrected chi connectivity index (χ4v) is 3.42. The quantitative estimate of drug-likeness (QED) is 0.907. The van der Waals surface area contributed by atoms with Crippen LogP contribution in [0.5, 0.6) is 0 Å². The summed E-state index contributed by atoms with van der Waals surface area (Å²) in [6.07, 6.45) is 0. The molecule has 0 radical (unpaired) electrons. The van der Waals surface area contributed by atoms with Crippen LogP contribution in [0.2, 0.25) is 0 Å². The fourth-order valence-electron chi connectivity index (χ4n) is 1.80. The Hall–Kier alpha value is -1.24. The number of hydrogen-bond donors (Lipinski definition) is 1. The molecule has 6 heteroatoms. The van der Waals surface area contributed by atoms with E-state index in [9.17, 15) is 12.8 Å². The summed E-state index contributed by atoms with van der Waals surface area (Å²) in [6.45, 7) is 1.71. The summed E-state index contributed by atoms with van der Waals surface area (Å²) in [5, 5.41) is 0. The molecule has 0 aliphatic heterocycles. The molecule has 2 rings (SSSR count). The highest BCUT2D eigenvalue weighted by molar-refractivity contribution is 9.10. The van der Waals surface area contributed by atoms with Gasteiger partial charge in [0.05, 0.1) is 0 Å². The summed E-state index contributed by atoms with van der Waals surface area (Å²) < 4.78 is 41.1. The Morgan fingerprint density at radius 1 is 1.15 bits per heavy atom. The lowest BCUT2D eigenvalue weighted by Crippen LogP contribution is -2.27. The number of benzene rings is 2. The van der Waals surface area contributed by atoms with E-state index in [1.54, 1.807) is 6.92 Å². The van der Waals surface area contributed by atoms with E-state index < -0.39 is 21.9 Å². The standard InChI is InChI=1S/C14H13BrFNO2S/c1-10(11-5-3-2-4-6-11)17-20(18,19)14-8-7-12(15)9-13(14)16/h2-10,17H,1H3/t10-/m1/s1. The molecule has 0 fully saturated rings. The summed E-state index contributed by atoms with van der Waals surface area (Å²) in [5.74, 6) is -0.785. The van der Waals surface area contributed by atoms with Crippen molar-refractivity contribution in [1.82, 2.24) is 4.72 Å². The predicted molar refractivity (Wildman–Crippen MR) is 79.3 cm³/mol. The van der Waals surface area contributed by atoms with Crippen LogP contribution in [-0.2, 0) is 10.0 Å². The Bertz CT molecular complexity index is 704. The minimum atomic E-state index is -3.90. The molecule has 2 aromatic carbocycles. The second-order valence-electron chi connectivity index (χ2n) is 4.33. The van der Waals surface area contributed by atoms with Gasteiger partial charge in [-0.2, -0.15) is 0 Å². The van der Waals surface area contributed by atoms with Crippen molar-refractivity contribution in [2.45, 2.75) is 17.9 Å². The Morgan fingerprint density at radius 3 is 2.40 bits per heavy atom. The van der Waals surface area contributed by atoms with Crippen LogP contribution < -0.4 is 4.72 Å². The van der Waals surface area contributed by atoms with E-state index in [2.05, 4.69) is 20.7 Å². The summed E-state index contributed by atoms with van der Waals surface area (Å²) in [5.41, 5.74) is 0.814. The normalized spacial score (nSPS) is 13.2. The molecule has 0 amide bonds. The molecule has 0 spiro atoms. The van der Waals surface area contributed by atoms with Gasteiger partial charge in [-0.3, -0.25) is 0 Å². The van der Waals surface area contributed by atoms with Crippen molar-refractivity contribution in [2.24, 2.45) is 0 Å². The Kier molecular flexibility index (Phi) is 4.57. The third-order valence-electron chi connectivity index (χ3n) is 2.81. The summed E-state index contributed by atoms with van der Waals surface area (Å²) in [6, 6.07) is 12.5. The molecule has 2 aromatic rings. The SMILES string of the molecule is C[C@@H](NS(=O)(=O)c1ccc(Br)cc1F)c1ccccc1. The lowest BCUT2D eigenvalue weighted by molar-refractivity contribution is 0.546. The number of sulfonamides is 1. The van der Waals surface area contributed by atoms with Crippen molar-refractivity contribution >= 4 is 26.0 Å². The molecule has 0 aliphatic rings. The van der Waals surface area contributed by atoms with Crippen LogP contribution in [0, 0.1) is 5.82 Å². The van der Waals surface area contributed by atoms with Gasteiger partial charge in [0.2, 0.25) is 10.0 Å². The minimum Gasteiger partial charge on any atom is -0.207 e. The molecule has 0 bridgehead atoms. The third-order valence-corrected chi connectivity index (χ3v) is 4.88. The number of rotatable bonds is 4. The first-order valence-electron chi connectivity index (χ1n) is 5.92. The number of halogens is 2. The molecule has 20 heavy (non-hydrogen) atoms. The number of nitrogens with one attached hydrogen (secondary N) is 1. The lowest BCUT2D eigenvalue weighted by Gasteiger charge is -2.15. The highest BCUT2D eigenvalue weighted by Gasteiger charge is 2.21. The van der Waals surface area contributed by atoms with Crippen molar-refractivity contribution in [3.8, 4) is 0 Å². The maximum atomic E-state index is 13.7. The van der Waals surface area contributed by atoms with Gasteiger partial charge >= 0.3 is 0 Å². The van der Waals surface area contributed by atoms with E-state index in [4.69, 9.17) is 0 Å². The molecule has 1 atom stereocenters. The Labute approximate surface area is 126 Å². The zero-order valence-corrected chi connectivity index (χ0v) is 13.1. The molecule has 0 aromatic heterocycles. The Morgan fingerprint density at radius 2 is 1.80 bits per heavy atom. The highest BCUT2D eigenvalue weighted by Crippen LogP contribution is 2.21. The van der Waals surface area contributed by atoms with Crippen LogP contribution in [0.4, 0.5) is 4.39 Å². The average Bonchev–Trinajstić information content (AvgIpc) is 2.38. The van der Waals surface area contributed by atoms with Gasteiger partial charge in [0, 0.05) is 10.5 Å².